The zero-order valence-electron chi connectivity index (χ0n) is 14.6. The van der Waals surface area contributed by atoms with Crippen LogP contribution in [0.1, 0.15) is 24.0 Å². The van der Waals surface area contributed by atoms with Crippen molar-refractivity contribution in [2.45, 2.75) is 32.0 Å². The minimum atomic E-state index is -4.86. The van der Waals surface area contributed by atoms with Gasteiger partial charge in [0.25, 0.3) is 0 Å². The molecule has 6 nitrogen and oxygen atoms in total. The Kier molecular flexibility index (Phi) is 4.39. The van der Waals surface area contributed by atoms with E-state index in [9.17, 15) is 22.8 Å². The number of rotatable bonds is 1. The molecule has 0 radical (unpaired) electrons. The molecule has 0 aromatic heterocycles. The van der Waals surface area contributed by atoms with E-state index >= 15 is 0 Å². The smallest absolute Gasteiger partial charge is 0.454 e. The van der Waals surface area contributed by atoms with Crippen LogP contribution in [0.4, 0.5) is 13.2 Å². The lowest BCUT2D eigenvalue weighted by Crippen LogP contribution is -2.48. The second kappa shape index (κ2) is 6.61. The molecule has 0 N–H and O–H groups in total. The number of amides is 2. The Morgan fingerprint density at radius 3 is 2.22 bits per heavy atom. The van der Waals surface area contributed by atoms with Crippen molar-refractivity contribution in [2.24, 2.45) is 5.92 Å². The normalized spacial score (nSPS) is 19.8. The summed E-state index contributed by atoms with van der Waals surface area (Å²) in [7, 11) is 0. The number of carbonyl (C=O) groups excluding carboxylic acids is 2. The second-order valence-electron chi connectivity index (χ2n) is 7.05. The van der Waals surface area contributed by atoms with Crippen LogP contribution in [0.15, 0.2) is 12.1 Å². The maximum atomic E-state index is 12.8. The van der Waals surface area contributed by atoms with Crippen molar-refractivity contribution in [3.8, 4) is 11.5 Å². The predicted molar refractivity (Wildman–Crippen MR) is 87.0 cm³/mol. The number of hydrogen-bond donors (Lipinski definition) is 0. The number of likely N-dealkylation sites (tertiary alicyclic amines) is 1. The highest BCUT2D eigenvalue weighted by Gasteiger charge is 2.44. The molecule has 3 aliphatic rings. The van der Waals surface area contributed by atoms with Gasteiger partial charge in [-0.2, -0.15) is 13.2 Å². The van der Waals surface area contributed by atoms with Gasteiger partial charge < -0.3 is 19.3 Å². The molecule has 0 atom stereocenters. The standard InChI is InChI=1S/C18H19F3N2O4/c19-18(20,21)17(25)22-4-1-11(2-5-22)16(24)23-6-3-12-7-14-15(27-10-26-14)8-13(12)9-23/h7-8,11H,1-6,9-10H2. The van der Waals surface area contributed by atoms with Gasteiger partial charge in [-0.25, -0.2) is 0 Å². The second-order valence-corrected chi connectivity index (χ2v) is 7.05. The maximum absolute atomic E-state index is 12.8. The molecule has 3 heterocycles. The molecule has 146 valence electrons. The number of piperidine rings is 1. The number of nitrogens with zero attached hydrogens (tertiary/aromatic N) is 2. The van der Waals surface area contributed by atoms with E-state index in [2.05, 4.69) is 0 Å². The topological polar surface area (TPSA) is 59.1 Å². The molecule has 27 heavy (non-hydrogen) atoms. The van der Waals surface area contributed by atoms with Gasteiger partial charge in [-0.05, 0) is 42.5 Å². The van der Waals surface area contributed by atoms with Crippen LogP contribution in [-0.4, -0.2) is 54.2 Å². The third-order valence-electron chi connectivity index (χ3n) is 5.39. The van der Waals surface area contributed by atoms with Crippen LogP contribution >= 0.6 is 0 Å². The monoisotopic (exact) mass is 384 g/mol. The van der Waals surface area contributed by atoms with Crippen LogP contribution in [0, 0.1) is 5.92 Å². The van der Waals surface area contributed by atoms with Crippen molar-refractivity contribution in [1.29, 1.82) is 0 Å². The molecule has 4 rings (SSSR count). The van der Waals surface area contributed by atoms with Gasteiger partial charge in [-0.15, -0.1) is 0 Å². The van der Waals surface area contributed by atoms with Crippen molar-refractivity contribution < 1.29 is 32.2 Å². The van der Waals surface area contributed by atoms with Gasteiger partial charge >= 0.3 is 12.1 Å². The molecular formula is C18H19F3N2O4. The number of alkyl halides is 3. The highest BCUT2D eigenvalue weighted by atomic mass is 19.4. The first-order chi connectivity index (χ1) is 12.8. The van der Waals surface area contributed by atoms with Crippen LogP contribution < -0.4 is 9.47 Å². The molecule has 9 heteroatoms. The molecule has 1 fully saturated rings. The van der Waals surface area contributed by atoms with E-state index in [1.165, 1.54) is 0 Å². The Balaban J connectivity index is 1.38. The third-order valence-corrected chi connectivity index (χ3v) is 5.39. The van der Waals surface area contributed by atoms with E-state index in [4.69, 9.17) is 9.47 Å². The first kappa shape index (κ1) is 17.9. The number of fused-ring (bicyclic) bond motifs is 2. The summed E-state index contributed by atoms with van der Waals surface area (Å²) in [6.45, 7) is 1.12. The van der Waals surface area contributed by atoms with Crippen LogP contribution in [-0.2, 0) is 22.6 Å². The molecule has 1 aromatic carbocycles. The Labute approximate surface area is 153 Å². The van der Waals surface area contributed by atoms with Crippen LogP contribution in [0.3, 0.4) is 0 Å². The van der Waals surface area contributed by atoms with Gasteiger partial charge in [-0.3, -0.25) is 9.59 Å². The van der Waals surface area contributed by atoms with E-state index in [1.54, 1.807) is 4.90 Å². The first-order valence-electron chi connectivity index (χ1n) is 8.89. The van der Waals surface area contributed by atoms with Gasteiger partial charge in [0.2, 0.25) is 12.7 Å². The Morgan fingerprint density at radius 2 is 1.59 bits per heavy atom. The van der Waals surface area contributed by atoms with E-state index in [0.717, 1.165) is 21.8 Å². The summed E-state index contributed by atoms with van der Waals surface area (Å²) < 4.78 is 48.3. The number of halogens is 3. The molecule has 1 aromatic rings. The SMILES string of the molecule is O=C(C1CCN(C(=O)C(F)(F)F)CC1)N1CCc2cc3c(cc2C1)OCO3. The molecule has 0 saturated carbocycles. The lowest BCUT2D eigenvalue weighted by atomic mass is 9.92. The number of carbonyl (C=O) groups is 2. The van der Waals surface area contributed by atoms with Crippen molar-refractivity contribution in [3.05, 3.63) is 23.3 Å². The Hall–Kier alpha value is -2.45. The lowest BCUT2D eigenvalue weighted by molar-refractivity contribution is -0.187. The largest absolute Gasteiger partial charge is 0.471 e. The zero-order valence-corrected chi connectivity index (χ0v) is 14.6. The van der Waals surface area contributed by atoms with E-state index in [1.807, 2.05) is 12.1 Å². The number of benzene rings is 1. The van der Waals surface area contributed by atoms with Gasteiger partial charge in [0.15, 0.2) is 11.5 Å². The number of ether oxygens (including phenoxy) is 2. The highest BCUT2D eigenvalue weighted by molar-refractivity contribution is 5.83. The minimum absolute atomic E-state index is 0.0438. The summed E-state index contributed by atoms with van der Waals surface area (Å²) in [5, 5.41) is 0. The number of hydrogen-bond acceptors (Lipinski definition) is 4. The van der Waals surface area contributed by atoms with Gasteiger partial charge in [-0.1, -0.05) is 0 Å². The Bertz CT molecular complexity index is 773. The van der Waals surface area contributed by atoms with Gasteiger partial charge in [0, 0.05) is 32.1 Å². The van der Waals surface area contributed by atoms with E-state index in [0.29, 0.717) is 25.3 Å². The average Bonchev–Trinajstić information content (AvgIpc) is 3.11. The lowest BCUT2D eigenvalue weighted by Gasteiger charge is -2.36. The van der Waals surface area contributed by atoms with Crippen molar-refractivity contribution in [2.75, 3.05) is 26.4 Å². The highest BCUT2D eigenvalue weighted by Crippen LogP contribution is 2.37. The molecule has 0 spiro atoms. The quantitative estimate of drug-likeness (QED) is 0.744. The molecule has 0 bridgehead atoms. The zero-order chi connectivity index (χ0) is 19.2. The minimum Gasteiger partial charge on any atom is -0.454 e. The molecule has 3 aliphatic heterocycles. The fourth-order valence-electron chi connectivity index (χ4n) is 3.90. The summed E-state index contributed by atoms with van der Waals surface area (Å²) in [5.41, 5.74) is 2.12. The van der Waals surface area contributed by atoms with Crippen LogP contribution in [0.5, 0.6) is 11.5 Å². The summed E-state index contributed by atoms with van der Waals surface area (Å²) in [6, 6.07) is 3.84. The summed E-state index contributed by atoms with van der Waals surface area (Å²) >= 11 is 0. The summed E-state index contributed by atoms with van der Waals surface area (Å²) in [4.78, 5) is 26.7. The molecular weight excluding hydrogens is 365 g/mol. The fraction of sp³-hybridized carbons (Fsp3) is 0.556. The van der Waals surface area contributed by atoms with Gasteiger partial charge in [0.05, 0.1) is 0 Å². The van der Waals surface area contributed by atoms with Gasteiger partial charge in [0.1, 0.15) is 0 Å². The molecule has 2 amide bonds. The third kappa shape index (κ3) is 3.42. The molecule has 1 saturated heterocycles. The van der Waals surface area contributed by atoms with Crippen molar-refractivity contribution in [3.63, 3.8) is 0 Å². The fourth-order valence-corrected chi connectivity index (χ4v) is 3.90. The molecule has 0 aliphatic carbocycles. The summed E-state index contributed by atoms with van der Waals surface area (Å²) in [6.07, 6.45) is -3.65. The Morgan fingerprint density at radius 1 is 0.963 bits per heavy atom. The van der Waals surface area contributed by atoms with E-state index in [-0.39, 0.29) is 44.5 Å². The summed E-state index contributed by atoms with van der Waals surface area (Å²) in [5.74, 6) is -0.844. The predicted octanol–water partition coefficient (Wildman–Crippen LogP) is 2.10. The average molecular weight is 384 g/mol. The maximum Gasteiger partial charge on any atom is 0.471 e. The molecule has 0 unspecified atom stereocenters. The van der Waals surface area contributed by atoms with Crippen molar-refractivity contribution in [1.82, 2.24) is 9.80 Å². The van der Waals surface area contributed by atoms with E-state index < -0.39 is 12.1 Å². The van der Waals surface area contributed by atoms with Crippen molar-refractivity contribution >= 4 is 11.8 Å². The van der Waals surface area contributed by atoms with Crippen LogP contribution in [0.2, 0.25) is 0 Å². The first-order valence-corrected chi connectivity index (χ1v) is 8.89. The van der Waals surface area contributed by atoms with Crippen LogP contribution in [0.25, 0.3) is 0 Å².